The van der Waals surface area contributed by atoms with E-state index in [1.54, 1.807) is 12.1 Å². The average molecular weight is 208 g/mol. The second-order valence-corrected chi connectivity index (χ2v) is 3.53. The molecule has 15 heavy (non-hydrogen) atoms. The number of benzene rings is 1. The van der Waals surface area contributed by atoms with Crippen LogP contribution in [0.3, 0.4) is 0 Å². The van der Waals surface area contributed by atoms with E-state index < -0.39 is 17.9 Å². The predicted molar refractivity (Wildman–Crippen MR) is 49.3 cm³/mol. The number of carbonyl (C=O) groups excluding carboxylic acids is 2. The highest BCUT2D eigenvalue weighted by atomic mass is 19.1. The first-order valence-corrected chi connectivity index (χ1v) is 4.64. The van der Waals surface area contributed by atoms with Crippen molar-refractivity contribution < 1.29 is 18.7 Å². The van der Waals surface area contributed by atoms with Crippen molar-refractivity contribution in [3.05, 3.63) is 35.6 Å². The van der Waals surface area contributed by atoms with Crippen LogP contribution < -0.4 is 0 Å². The molecule has 0 radical (unpaired) electrons. The van der Waals surface area contributed by atoms with Crippen LogP contribution in [0.4, 0.5) is 4.39 Å². The van der Waals surface area contributed by atoms with E-state index in [1.807, 2.05) is 0 Å². The van der Waals surface area contributed by atoms with Crippen molar-refractivity contribution in [2.75, 3.05) is 0 Å². The molecule has 0 unspecified atom stereocenters. The molecule has 2 rings (SSSR count). The van der Waals surface area contributed by atoms with Gasteiger partial charge in [0, 0.05) is 0 Å². The van der Waals surface area contributed by atoms with Crippen molar-refractivity contribution in [2.24, 2.45) is 5.92 Å². The molecule has 0 amide bonds. The van der Waals surface area contributed by atoms with Crippen LogP contribution in [0.5, 0.6) is 0 Å². The van der Waals surface area contributed by atoms with Gasteiger partial charge in [-0.15, -0.1) is 0 Å². The summed E-state index contributed by atoms with van der Waals surface area (Å²) in [6.45, 7) is 0. The third-order valence-electron chi connectivity index (χ3n) is 2.33. The lowest BCUT2D eigenvalue weighted by Crippen LogP contribution is -2.10. The molecule has 1 aliphatic rings. The molecule has 0 N–H and O–H groups in total. The summed E-state index contributed by atoms with van der Waals surface area (Å²) in [5.74, 6) is -1.81. The van der Waals surface area contributed by atoms with Gasteiger partial charge in [-0.2, -0.15) is 0 Å². The highest BCUT2D eigenvalue weighted by molar-refractivity contribution is 5.94. The fourth-order valence-electron chi connectivity index (χ4n) is 1.63. The second-order valence-electron chi connectivity index (χ2n) is 3.53. The van der Waals surface area contributed by atoms with Crippen molar-refractivity contribution in [3.8, 4) is 0 Å². The van der Waals surface area contributed by atoms with Crippen LogP contribution in [0.1, 0.15) is 12.0 Å². The minimum Gasteiger partial charge on any atom is -0.393 e. The lowest BCUT2D eigenvalue weighted by molar-refractivity contribution is -0.153. The summed E-state index contributed by atoms with van der Waals surface area (Å²) < 4.78 is 17.2. The first-order valence-electron chi connectivity index (χ1n) is 4.64. The summed E-state index contributed by atoms with van der Waals surface area (Å²) in [7, 11) is 0. The van der Waals surface area contributed by atoms with E-state index in [2.05, 4.69) is 4.74 Å². The van der Waals surface area contributed by atoms with Gasteiger partial charge in [-0.05, 0) is 24.1 Å². The van der Waals surface area contributed by atoms with Gasteiger partial charge >= 0.3 is 11.9 Å². The Balaban J connectivity index is 2.09. The number of hydrogen-bond donors (Lipinski definition) is 0. The van der Waals surface area contributed by atoms with Gasteiger partial charge < -0.3 is 4.74 Å². The first-order chi connectivity index (χ1) is 7.15. The number of halogens is 1. The summed E-state index contributed by atoms with van der Waals surface area (Å²) in [6, 6.07) is 5.99. The molecule has 1 aliphatic heterocycles. The van der Waals surface area contributed by atoms with Gasteiger partial charge in [-0.25, -0.2) is 4.39 Å². The van der Waals surface area contributed by atoms with E-state index in [-0.39, 0.29) is 12.2 Å². The van der Waals surface area contributed by atoms with Crippen molar-refractivity contribution >= 4 is 11.9 Å². The Kier molecular flexibility index (Phi) is 2.49. The monoisotopic (exact) mass is 208 g/mol. The van der Waals surface area contributed by atoms with Gasteiger partial charge in [0.15, 0.2) is 0 Å². The zero-order valence-electron chi connectivity index (χ0n) is 7.90. The Morgan fingerprint density at radius 1 is 1.40 bits per heavy atom. The van der Waals surface area contributed by atoms with Gasteiger partial charge in [0.1, 0.15) is 5.82 Å². The molecule has 3 nitrogen and oxygen atoms in total. The molecule has 1 fully saturated rings. The Morgan fingerprint density at radius 2 is 2.20 bits per heavy atom. The third kappa shape index (κ3) is 2.21. The Labute approximate surface area is 85.9 Å². The molecular formula is C11H9FO3. The molecule has 1 saturated heterocycles. The minimum absolute atomic E-state index is 0.0926. The maximum absolute atomic E-state index is 12.8. The molecule has 78 valence electrons. The topological polar surface area (TPSA) is 43.4 Å². The van der Waals surface area contributed by atoms with Crippen molar-refractivity contribution in [2.45, 2.75) is 12.8 Å². The number of esters is 2. The summed E-state index contributed by atoms with van der Waals surface area (Å²) in [4.78, 5) is 21.9. The fourth-order valence-corrected chi connectivity index (χ4v) is 1.63. The Bertz CT molecular complexity index is 414. The molecule has 1 aromatic carbocycles. The van der Waals surface area contributed by atoms with Gasteiger partial charge in [-0.3, -0.25) is 9.59 Å². The van der Waals surface area contributed by atoms with E-state index in [0.29, 0.717) is 12.0 Å². The highest BCUT2D eigenvalue weighted by Gasteiger charge is 2.33. The maximum Gasteiger partial charge on any atom is 0.317 e. The van der Waals surface area contributed by atoms with Crippen LogP contribution in [0.2, 0.25) is 0 Å². The van der Waals surface area contributed by atoms with E-state index in [1.165, 1.54) is 12.1 Å². The standard InChI is InChI=1S/C11H9FO3/c12-9-3-1-2-7(5-9)4-8-6-10(13)15-11(8)14/h1-3,5,8H,4,6H2/t8-/m0/s1. The third-order valence-corrected chi connectivity index (χ3v) is 2.33. The molecule has 1 aromatic rings. The molecule has 4 heteroatoms. The van der Waals surface area contributed by atoms with Crippen LogP contribution in [0.25, 0.3) is 0 Å². The molecule has 0 bridgehead atoms. The summed E-state index contributed by atoms with van der Waals surface area (Å²) in [6.07, 6.45) is 0.442. The summed E-state index contributed by atoms with van der Waals surface area (Å²) >= 11 is 0. The van der Waals surface area contributed by atoms with Crippen LogP contribution in [-0.2, 0) is 20.7 Å². The summed E-state index contributed by atoms with van der Waals surface area (Å²) in [5.41, 5.74) is 0.701. The van der Waals surface area contributed by atoms with Crippen LogP contribution in [0, 0.1) is 11.7 Å². The van der Waals surface area contributed by atoms with E-state index in [4.69, 9.17) is 0 Å². The van der Waals surface area contributed by atoms with Crippen LogP contribution in [0.15, 0.2) is 24.3 Å². The van der Waals surface area contributed by atoms with Gasteiger partial charge in [0.05, 0.1) is 12.3 Å². The maximum atomic E-state index is 12.8. The number of carbonyl (C=O) groups is 2. The number of cyclic esters (lactones) is 2. The molecule has 1 atom stereocenters. The first kappa shape index (κ1) is 9.83. The van der Waals surface area contributed by atoms with Gasteiger partial charge in [-0.1, -0.05) is 12.1 Å². The highest BCUT2D eigenvalue weighted by Crippen LogP contribution is 2.20. The number of hydrogen-bond acceptors (Lipinski definition) is 3. The van der Waals surface area contributed by atoms with E-state index >= 15 is 0 Å². The molecule has 0 aromatic heterocycles. The molecular weight excluding hydrogens is 199 g/mol. The Hall–Kier alpha value is -1.71. The van der Waals surface area contributed by atoms with Crippen LogP contribution >= 0.6 is 0 Å². The Morgan fingerprint density at radius 3 is 2.80 bits per heavy atom. The number of ether oxygens (including phenoxy) is 1. The van der Waals surface area contributed by atoms with Crippen LogP contribution in [-0.4, -0.2) is 11.9 Å². The SMILES string of the molecule is O=C1C[C@H](Cc2cccc(F)c2)C(=O)O1. The lowest BCUT2D eigenvalue weighted by Gasteiger charge is -2.04. The van der Waals surface area contributed by atoms with Gasteiger partial charge in [0.2, 0.25) is 0 Å². The van der Waals surface area contributed by atoms with E-state index in [9.17, 15) is 14.0 Å². The van der Waals surface area contributed by atoms with E-state index in [0.717, 1.165) is 0 Å². The average Bonchev–Trinajstić information content (AvgIpc) is 2.45. The van der Waals surface area contributed by atoms with Crippen molar-refractivity contribution in [1.82, 2.24) is 0 Å². The second kappa shape index (κ2) is 3.81. The zero-order chi connectivity index (χ0) is 10.8. The fraction of sp³-hybridized carbons (Fsp3) is 0.273. The summed E-state index contributed by atoms with van der Waals surface area (Å²) in [5, 5.41) is 0. The quantitative estimate of drug-likeness (QED) is 0.545. The predicted octanol–water partition coefficient (Wildman–Crippen LogP) is 1.46. The smallest absolute Gasteiger partial charge is 0.317 e. The largest absolute Gasteiger partial charge is 0.393 e. The lowest BCUT2D eigenvalue weighted by atomic mass is 9.98. The normalized spacial score (nSPS) is 20.5. The van der Waals surface area contributed by atoms with Crippen molar-refractivity contribution in [3.63, 3.8) is 0 Å². The zero-order valence-corrected chi connectivity index (χ0v) is 7.90. The van der Waals surface area contributed by atoms with Gasteiger partial charge in [0.25, 0.3) is 0 Å². The minimum atomic E-state index is -0.510. The number of rotatable bonds is 2. The molecule has 0 aliphatic carbocycles. The molecule has 0 spiro atoms. The molecule has 0 saturated carbocycles. The molecule has 1 heterocycles. The van der Waals surface area contributed by atoms with Crippen molar-refractivity contribution in [1.29, 1.82) is 0 Å².